The molecule has 2 fully saturated rings. The van der Waals surface area contributed by atoms with Gasteiger partial charge in [0.25, 0.3) is 0 Å². The molecule has 0 aromatic carbocycles. The summed E-state index contributed by atoms with van der Waals surface area (Å²) < 4.78 is 13.5. The number of aromatic nitrogens is 2. The Balaban J connectivity index is 1.89. The second-order valence-electron chi connectivity index (χ2n) is 5.32. The van der Waals surface area contributed by atoms with E-state index in [1.807, 2.05) is 13.8 Å². The van der Waals surface area contributed by atoms with Gasteiger partial charge in [0.05, 0.1) is 11.4 Å². The molecule has 0 radical (unpaired) electrons. The molecule has 7 heteroatoms. The zero-order chi connectivity index (χ0) is 14.5. The van der Waals surface area contributed by atoms with E-state index in [1.54, 1.807) is 28.7 Å². The highest BCUT2D eigenvalue weighted by molar-refractivity contribution is 8.00. The summed E-state index contributed by atoms with van der Waals surface area (Å²) in [4.78, 5) is 3.89. The second kappa shape index (κ2) is 4.87. The molecule has 20 heavy (non-hydrogen) atoms. The number of thioether (sulfide) groups is 1. The molecule has 5 nitrogen and oxygen atoms in total. The van der Waals surface area contributed by atoms with Gasteiger partial charge in [-0.25, -0.2) is 4.98 Å². The van der Waals surface area contributed by atoms with Gasteiger partial charge >= 0.3 is 0 Å². The Labute approximate surface area is 126 Å². The van der Waals surface area contributed by atoms with Gasteiger partial charge in [0.15, 0.2) is 16.4 Å². The third-order valence-electron chi connectivity index (χ3n) is 3.44. The molecule has 2 unspecified atom stereocenters. The van der Waals surface area contributed by atoms with Crippen molar-refractivity contribution < 1.29 is 9.47 Å². The van der Waals surface area contributed by atoms with Crippen LogP contribution in [0.25, 0.3) is 5.70 Å². The van der Waals surface area contributed by atoms with E-state index < -0.39 is 5.79 Å². The predicted molar refractivity (Wildman–Crippen MR) is 78.5 cm³/mol. The van der Waals surface area contributed by atoms with Gasteiger partial charge in [-0.05, 0) is 13.8 Å². The Morgan fingerprint density at radius 3 is 3.10 bits per heavy atom. The fourth-order valence-electron chi connectivity index (χ4n) is 2.60. The lowest BCUT2D eigenvalue weighted by Crippen LogP contribution is -2.33. The normalized spacial score (nSPS) is 31.2. The summed E-state index contributed by atoms with van der Waals surface area (Å²) in [6.45, 7) is 7.95. The summed E-state index contributed by atoms with van der Waals surface area (Å²) in [6, 6.07) is 0. The lowest BCUT2D eigenvalue weighted by Gasteiger charge is -2.23. The largest absolute Gasteiger partial charge is 0.344 e. The Morgan fingerprint density at radius 1 is 1.60 bits per heavy atom. The molecule has 2 saturated heterocycles. The highest BCUT2D eigenvalue weighted by atomic mass is 35.5. The summed E-state index contributed by atoms with van der Waals surface area (Å²) >= 11 is 7.63. The van der Waals surface area contributed by atoms with Crippen LogP contribution in [0.5, 0.6) is 0 Å². The standard InChI is InChI=1S/C13H16ClN3O2S/c1-7(17-5-4-16-11(14)12(17)15)10-9-8(6-20-10)18-13(2,3)19-9/h4-5,8-10,15H,1,6H2,2-3H3/t8?,9?,10-/m0/s1. The first-order valence-corrected chi connectivity index (χ1v) is 7.76. The third kappa shape index (κ3) is 2.30. The van der Waals surface area contributed by atoms with E-state index >= 15 is 0 Å². The molecule has 0 spiro atoms. The van der Waals surface area contributed by atoms with Crippen LogP contribution in [0.4, 0.5) is 0 Å². The Kier molecular flexibility index (Phi) is 3.44. The topological polar surface area (TPSA) is 60.1 Å². The fraction of sp³-hybridized carbons (Fsp3) is 0.538. The molecule has 2 aliphatic rings. The van der Waals surface area contributed by atoms with Gasteiger partial charge in [-0.1, -0.05) is 18.2 Å². The highest BCUT2D eigenvalue weighted by Gasteiger charge is 2.50. The molecular weight excluding hydrogens is 298 g/mol. The van der Waals surface area contributed by atoms with Crippen molar-refractivity contribution in [2.45, 2.75) is 37.1 Å². The van der Waals surface area contributed by atoms with Crippen molar-refractivity contribution in [2.24, 2.45) is 0 Å². The maximum Gasteiger partial charge on any atom is 0.171 e. The molecule has 3 rings (SSSR count). The maximum absolute atomic E-state index is 7.98. The van der Waals surface area contributed by atoms with Crippen molar-refractivity contribution >= 4 is 29.1 Å². The SMILES string of the molecule is C=C([C@@H]1SCC2OC(C)(C)OC21)n1ccnc(Cl)c1=N. The van der Waals surface area contributed by atoms with E-state index in [0.717, 1.165) is 11.4 Å². The molecule has 1 aromatic heterocycles. The van der Waals surface area contributed by atoms with E-state index in [1.165, 1.54) is 0 Å². The van der Waals surface area contributed by atoms with Gasteiger partial charge < -0.3 is 14.0 Å². The average Bonchev–Trinajstić information content (AvgIpc) is 2.86. The molecule has 108 valence electrons. The summed E-state index contributed by atoms with van der Waals surface area (Å²) in [5.74, 6) is 0.309. The van der Waals surface area contributed by atoms with Crippen molar-refractivity contribution in [1.82, 2.24) is 9.55 Å². The molecule has 0 saturated carbocycles. The number of nitrogens with one attached hydrogen (secondary N) is 1. The van der Waals surface area contributed by atoms with E-state index in [-0.39, 0.29) is 28.1 Å². The van der Waals surface area contributed by atoms with Crippen LogP contribution in [0.15, 0.2) is 19.0 Å². The number of halogens is 1. The minimum absolute atomic E-state index is 0.0404. The number of hydrogen-bond acceptors (Lipinski definition) is 5. The minimum atomic E-state index is -0.556. The monoisotopic (exact) mass is 313 g/mol. The lowest BCUT2D eigenvalue weighted by atomic mass is 10.1. The average molecular weight is 314 g/mol. The van der Waals surface area contributed by atoms with Crippen molar-refractivity contribution in [1.29, 1.82) is 5.41 Å². The van der Waals surface area contributed by atoms with Crippen molar-refractivity contribution in [3.63, 3.8) is 0 Å². The molecular formula is C13H16ClN3O2S. The van der Waals surface area contributed by atoms with E-state index in [2.05, 4.69) is 11.6 Å². The van der Waals surface area contributed by atoms with Crippen LogP contribution in [0.3, 0.4) is 0 Å². The molecule has 0 aliphatic carbocycles. The maximum atomic E-state index is 7.98. The minimum Gasteiger partial charge on any atom is -0.344 e. The van der Waals surface area contributed by atoms with Gasteiger partial charge in [0, 0.05) is 23.8 Å². The summed E-state index contributed by atoms with van der Waals surface area (Å²) in [5.41, 5.74) is 0.916. The smallest absolute Gasteiger partial charge is 0.171 e. The fourth-order valence-corrected chi connectivity index (χ4v) is 4.13. The predicted octanol–water partition coefficient (Wildman–Crippen LogP) is 2.12. The first-order chi connectivity index (χ1) is 9.39. The van der Waals surface area contributed by atoms with Gasteiger partial charge in [0.1, 0.15) is 6.10 Å². The summed E-state index contributed by atoms with van der Waals surface area (Å²) in [6.07, 6.45) is 3.30. The number of nitrogens with zero attached hydrogens (tertiary/aromatic N) is 2. The molecule has 3 atom stereocenters. The number of fused-ring (bicyclic) bond motifs is 1. The number of hydrogen-bond donors (Lipinski definition) is 1. The van der Waals surface area contributed by atoms with Crippen LogP contribution >= 0.6 is 23.4 Å². The van der Waals surface area contributed by atoms with Gasteiger partial charge in [0.2, 0.25) is 0 Å². The molecule has 2 aliphatic heterocycles. The number of rotatable bonds is 2. The molecule has 3 heterocycles. The van der Waals surface area contributed by atoms with Crippen molar-refractivity contribution in [2.75, 3.05) is 5.75 Å². The highest BCUT2D eigenvalue weighted by Crippen LogP contribution is 2.44. The molecule has 0 bridgehead atoms. The lowest BCUT2D eigenvalue weighted by molar-refractivity contribution is -0.144. The zero-order valence-electron chi connectivity index (χ0n) is 11.3. The van der Waals surface area contributed by atoms with Crippen LogP contribution in [0.1, 0.15) is 13.8 Å². The van der Waals surface area contributed by atoms with E-state index in [0.29, 0.717) is 0 Å². The van der Waals surface area contributed by atoms with Gasteiger partial charge in [-0.3, -0.25) is 5.41 Å². The van der Waals surface area contributed by atoms with Crippen LogP contribution < -0.4 is 5.49 Å². The zero-order valence-corrected chi connectivity index (χ0v) is 12.9. The second-order valence-corrected chi connectivity index (χ2v) is 6.85. The van der Waals surface area contributed by atoms with Crippen LogP contribution in [-0.2, 0) is 9.47 Å². The van der Waals surface area contributed by atoms with E-state index in [4.69, 9.17) is 26.5 Å². The molecule has 1 aromatic rings. The van der Waals surface area contributed by atoms with Gasteiger partial charge in [-0.15, -0.1) is 11.8 Å². The molecule has 0 amide bonds. The Hall–Kier alpha value is -0.820. The Bertz CT molecular complexity index is 616. The summed E-state index contributed by atoms with van der Waals surface area (Å²) in [5, 5.41) is 8.20. The van der Waals surface area contributed by atoms with Gasteiger partial charge in [-0.2, -0.15) is 0 Å². The quantitative estimate of drug-likeness (QED) is 0.908. The third-order valence-corrected chi connectivity index (χ3v) is 5.13. The summed E-state index contributed by atoms with van der Waals surface area (Å²) in [7, 11) is 0. The van der Waals surface area contributed by atoms with Crippen LogP contribution in [0.2, 0.25) is 5.15 Å². The van der Waals surface area contributed by atoms with Crippen LogP contribution in [-0.4, -0.2) is 38.5 Å². The first-order valence-electron chi connectivity index (χ1n) is 6.33. The van der Waals surface area contributed by atoms with Crippen LogP contribution in [0, 0.1) is 5.41 Å². The molecule has 1 N–H and O–H groups in total. The first kappa shape index (κ1) is 14.1. The van der Waals surface area contributed by atoms with E-state index in [9.17, 15) is 0 Å². The van der Waals surface area contributed by atoms with Crippen molar-refractivity contribution in [3.8, 4) is 0 Å². The number of ether oxygens (including phenoxy) is 2. The van der Waals surface area contributed by atoms with Crippen molar-refractivity contribution in [3.05, 3.63) is 29.6 Å². The Morgan fingerprint density at radius 2 is 2.35 bits per heavy atom.